The van der Waals surface area contributed by atoms with Gasteiger partial charge in [-0.1, -0.05) is 0 Å². The maximum absolute atomic E-state index is 10.3. The number of hydrogen-bond donors (Lipinski definition) is 0. The van der Waals surface area contributed by atoms with Gasteiger partial charge in [0.1, 0.15) is 0 Å². The van der Waals surface area contributed by atoms with Crippen molar-refractivity contribution >= 4 is 18.0 Å². The summed E-state index contributed by atoms with van der Waals surface area (Å²) in [6.07, 6.45) is 2.43. The summed E-state index contributed by atoms with van der Waals surface area (Å²) < 4.78 is 0. The van der Waals surface area contributed by atoms with Crippen LogP contribution in [0.4, 0.5) is 0 Å². The lowest BCUT2D eigenvalue weighted by Crippen LogP contribution is -1.97. The second-order valence-electron chi connectivity index (χ2n) is 2.31. The van der Waals surface area contributed by atoms with Crippen LogP contribution in [0.5, 0.6) is 0 Å². The third kappa shape index (κ3) is 1.14. The van der Waals surface area contributed by atoms with Crippen LogP contribution in [0.3, 0.4) is 0 Å². The molecule has 56 valence electrons. The SMILES string of the molecule is O=Cc1ncc2c(n1)CSC2. The Bertz CT molecular complexity index is 300. The van der Waals surface area contributed by atoms with Crippen LogP contribution >= 0.6 is 11.8 Å². The molecule has 0 saturated heterocycles. The Morgan fingerprint density at radius 1 is 1.55 bits per heavy atom. The molecule has 1 aromatic heterocycles. The van der Waals surface area contributed by atoms with Gasteiger partial charge in [0.05, 0.1) is 5.69 Å². The minimum Gasteiger partial charge on any atom is -0.294 e. The normalized spacial score (nSPS) is 14.5. The largest absolute Gasteiger partial charge is 0.294 e. The van der Waals surface area contributed by atoms with Gasteiger partial charge in [-0.15, -0.1) is 0 Å². The Labute approximate surface area is 68.2 Å². The summed E-state index contributed by atoms with van der Waals surface area (Å²) in [6.45, 7) is 0. The van der Waals surface area contributed by atoms with Crippen molar-refractivity contribution in [1.29, 1.82) is 0 Å². The van der Waals surface area contributed by atoms with E-state index in [1.165, 1.54) is 5.56 Å². The average Bonchev–Trinajstić information content (AvgIpc) is 2.50. The van der Waals surface area contributed by atoms with Crippen molar-refractivity contribution < 1.29 is 4.79 Å². The average molecular weight is 166 g/mol. The topological polar surface area (TPSA) is 42.9 Å². The second-order valence-corrected chi connectivity index (χ2v) is 3.30. The first-order chi connectivity index (χ1) is 5.40. The molecule has 2 heterocycles. The van der Waals surface area contributed by atoms with E-state index in [9.17, 15) is 4.79 Å². The Hall–Kier alpha value is -0.900. The fourth-order valence-electron chi connectivity index (χ4n) is 1.02. The van der Waals surface area contributed by atoms with Crippen molar-refractivity contribution in [3.63, 3.8) is 0 Å². The van der Waals surface area contributed by atoms with E-state index in [0.717, 1.165) is 17.2 Å². The van der Waals surface area contributed by atoms with E-state index in [-0.39, 0.29) is 0 Å². The Balaban J connectivity index is 2.48. The van der Waals surface area contributed by atoms with E-state index in [2.05, 4.69) is 9.97 Å². The van der Waals surface area contributed by atoms with Gasteiger partial charge in [0, 0.05) is 23.3 Å². The maximum Gasteiger partial charge on any atom is 0.192 e. The van der Waals surface area contributed by atoms with Gasteiger partial charge in [-0.3, -0.25) is 4.79 Å². The molecule has 2 rings (SSSR count). The lowest BCUT2D eigenvalue weighted by Gasteiger charge is -1.94. The molecule has 11 heavy (non-hydrogen) atoms. The molecule has 0 fully saturated rings. The molecule has 0 unspecified atom stereocenters. The smallest absolute Gasteiger partial charge is 0.192 e. The third-order valence-corrected chi connectivity index (χ3v) is 2.57. The van der Waals surface area contributed by atoms with Crippen LogP contribution in [0.15, 0.2) is 6.20 Å². The highest BCUT2D eigenvalue weighted by molar-refractivity contribution is 7.98. The lowest BCUT2D eigenvalue weighted by molar-refractivity contribution is 0.111. The van der Waals surface area contributed by atoms with Gasteiger partial charge in [0.2, 0.25) is 0 Å². The summed E-state index contributed by atoms with van der Waals surface area (Å²) >= 11 is 1.80. The number of aromatic nitrogens is 2. The van der Waals surface area contributed by atoms with E-state index in [1.807, 2.05) is 0 Å². The predicted molar refractivity (Wildman–Crippen MR) is 42.4 cm³/mol. The molecule has 4 heteroatoms. The van der Waals surface area contributed by atoms with Crippen molar-refractivity contribution in [3.05, 3.63) is 23.3 Å². The van der Waals surface area contributed by atoms with E-state index < -0.39 is 0 Å². The minimum absolute atomic E-state index is 0.297. The predicted octanol–water partition coefficient (Wildman–Crippen LogP) is 1.04. The number of nitrogens with zero attached hydrogens (tertiary/aromatic N) is 2. The van der Waals surface area contributed by atoms with Gasteiger partial charge < -0.3 is 0 Å². The minimum atomic E-state index is 0.297. The zero-order chi connectivity index (χ0) is 7.68. The number of fused-ring (bicyclic) bond motifs is 1. The highest BCUT2D eigenvalue weighted by Crippen LogP contribution is 2.26. The number of carbonyl (C=O) groups excluding carboxylic acids is 1. The van der Waals surface area contributed by atoms with E-state index >= 15 is 0 Å². The van der Waals surface area contributed by atoms with Crippen LogP contribution in [0.1, 0.15) is 21.9 Å². The Morgan fingerprint density at radius 3 is 3.27 bits per heavy atom. The zero-order valence-corrected chi connectivity index (χ0v) is 6.60. The van der Waals surface area contributed by atoms with Gasteiger partial charge in [-0.2, -0.15) is 11.8 Å². The van der Waals surface area contributed by atoms with Crippen LogP contribution in [0.25, 0.3) is 0 Å². The molecule has 0 aromatic carbocycles. The van der Waals surface area contributed by atoms with E-state index in [4.69, 9.17) is 0 Å². The number of aldehydes is 1. The van der Waals surface area contributed by atoms with Crippen molar-refractivity contribution in [2.45, 2.75) is 11.5 Å². The van der Waals surface area contributed by atoms with E-state index in [0.29, 0.717) is 12.1 Å². The number of hydrogen-bond acceptors (Lipinski definition) is 4. The molecule has 0 bridgehead atoms. The lowest BCUT2D eigenvalue weighted by atomic mass is 10.3. The van der Waals surface area contributed by atoms with Crippen molar-refractivity contribution in [2.75, 3.05) is 0 Å². The monoisotopic (exact) mass is 166 g/mol. The molecule has 0 radical (unpaired) electrons. The molecule has 3 nitrogen and oxygen atoms in total. The first-order valence-electron chi connectivity index (χ1n) is 3.28. The van der Waals surface area contributed by atoms with Crippen LogP contribution < -0.4 is 0 Å². The van der Waals surface area contributed by atoms with Crippen molar-refractivity contribution in [1.82, 2.24) is 9.97 Å². The summed E-state index contributed by atoms with van der Waals surface area (Å²) in [5.41, 5.74) is 2.19. The van der Waals surface area contributed by atoms with Crippen molar-refractivity contribution in [3.8, 4) is 0 Å². The van der Waals surface area contributed by atoms with Gasteiger partial charge in [0.15, 0.2) is 12.1 Å². The van der Waals surface area contributed by atoms with Crippen LogP contribution in [-0.2, 0) is 11.5 Å². The highest BCUT2D eigenvalue weighted by atomic mass is 32.2. The standard InChI is InChI=1S/C7H6N2OS/c10-2-7-8-1-5-3-11-4-6(5)9-7/h1-2H,3-4H2. The molecule has 0 N–H and O–H groups in total. The number of rotatable bonds is 1. The van der Waals surface area contributed by atoms with Gasteiger partial charge in [-0.25, -0.2) is 9.97 Å². The number of thioether (sulfide) groups is 1. The zero-order valence-electron chi connectivity index (χ0n) is 5.78. The van der Waals surface area contributed by atoms with Gasteiger partial charge in [-0.05, 0) is 0 Å². The molecule has 1 aliphatic rings. The number of carbonyl (C=O) groups is 1. The first kappa shape index (κ1) is 6.79. The first-order valence-corrected chi connectivity index (χ1v) is 4.43. The molecular weight excluding hydrogens is 160 g/mol. The fraction of sp³-hybridized carbons (Fsp3) is 0.286. The van der Waals surface area contributed by atoms with Crippen molar-refractivity contribution in [2.24, 2.45) is 0 Å². The molecule has 0 atom stereocenters. The summed E-state index contributed by atoms with van der Waals surface area (Å²) in [4.78, 5) is 18.2. The summed E-state index contributed by atoms with van der Waals surface area (Å²) in [6, 6.07) is 0. The van der Waals surface area contributed by atoms with Gasteiger partial charge in [0.25, 0.3) is 0 Å². The third-order valence-electron chi connectivity index (χ3n) is 1.57. The van der Waals surface area contributed by atoms with Crippen LogP contribution in [-0.4, -0.2) is 16.3 Å². The Morgan fingerprint density at radius 2 is 2.45 bits per heavy atom. The molecule has 1 aliphatic heterocycles. The van der Waals surface area contributed by atoms with Gasteiger partial charge >= 0.3 is 0 Å². The van der Waals surface area contributed by atoms with Crippen LogP contribution in [0.2, 0.25) is 0 Å². The quantitative estimate of drug-likeness (QED) is 0.584. The molecule has 0 spiro atoms. The fourth-order valence-corrected chi connectivity index (χ4v) is 2.02. The second kappa shape index (κ2) is 2.62. The highest BCUT2D eigenvalue weighted by Gasteiger charge is 2.12. The summed E-state index contributed by atoms with van der Waals surface area (Å²) in [5, 5.41) is 0. The maximum atomic E-state index is 10.3. The summed E-state index contributed by atoms with van der Waals surface area (Å²) in [5.74, 6) is 2.19. The van der Waals surface area contributed by atoms with E-state index in [1.54, 1.807) is 18.0 Å². The molecule has 1 aromatic rings. The summed E-state index contributed by atoms with van der Waals surface area (Å²) in [7, 11) is 0. The Kier molecular flexibility index (Phi) is 1.62. The van der Waals surface area contributed by atoms with Crippen LogP contribution in [0, 0.1) is 0 Å². The molecular formula is C7H6N2OS. The molecule has 0 amide bonds. The molecule has 0 aliphatic carbocycles. The molecule has 0 saturated carbocycles.